The second-order valence-corrected chi connectivity index (χ2v) is 3.46. The van der Waals surface area contributed by atoms with Crippen molar-refractivity contribution in [2.24, 2.45) is 5.92 Å². The number of rotatable bonds is 3. The molecular weight excluding hydrogens is 134 g/mol. The van der Waals surface area contributed by atoms with Gasteiger partial charge in [0.2, 0.25) is 0 Å². The lowest BCUT2D eigenvalue weighted by molar-refractivity contribution is 0.446. The van der Waals surface area contributed by atoms with Crippen molar-refractivity contribution in [3.8, 4) is 0 Å². The van der Waals surface area contributed by atoms with Gasteiger partial charge in [-0.2, -0.15) is 0 Å². The van der Waals surface area contributed by atoms with Crippen molar-refractivity contribution in [3.05, 3.63) is 23.9 Å². The molecule has 1 heteroatoms. The summed E-state index contributed by atoms with van der Waals surface area (Å²) in [6.45, 7) is 10.3. The van der Waals surface area contributed by atoms with E-state index in [2.05, 4.69) is 45.5 Å². The predicted molar refractivity (Wildman–Crippen MR) is 51.4 cm³/mol. The van der Waals surface area contributed by atoms with E-state index in [1.165, 1.54) is 5.70 Å². The van der Waals surface area contributed by atoms with Crippen molar-refractivity contribution in [3.63, 3.8) is 0 Å². The summed E-state index contributed by atoms with van der Waals surface area (Å²) in [5.74, 6) is 0.571. The van der Waals surface area contributed by atoms with Crippen LogP contribution < -0.4 is 0 Å². The van der Waals surface area contributed by atoms with Crippen LogP contribution in [0.3, 0.4) is 0 Å². The van der Waals surface area contributed by atoms with Crippen LogP contribution in [0.5, 0.6) is 0 Å². The second-order valence-electron chi connectivity index (χ2n) is 3.46. The summed E-state index contributed by atoms with van der Waals surface area (Å²) >= 11 is 0. The summed E-state index contributed by atoms with van der Waals surface area (Å²) in [4.78, 5) is 2.14. The molecule has 0 aromatic rings. The van der Waals surface area contributed by atoms with Gasteiger partial charge in [-0.1, -0.05) is 26.0 Å². The Morgan fingerprint density at radius 1 is 1.36 bits per heavy atom. The zero-order valence-corrected chi connectivity index (χ0v) is 8.31. The lowest BCUT2D eigenvalue weighted by atomic mass is 10.1. The van der Waals surface area contributed by atoms with Crippen LogP contribution in [0.15, 0.2) is 23.9 Å². The van der Waals surface area contributed by atoms with Crippen LogP contribution >= 0.6 is 0 Å². The minimum atomic E-state index is 0.571. The van der Waals surface area contributed by atoms with E-state index in [9.17, 15) is 0 Å². The lowest BCUT2D eigenvalue weighted by Gasteiger charge is -2.20. The quantitative estimate of drug-likeness (QED) is 0.563. The molecule has 0 unspecified atom stereocenters. The van der Waals surface area contributed by atoms with Gasteiger partial charge in [-0.15, -0.1) is 0 Å². The van der Waals surface area contributed by atoms with Gasteiger partial charge in [0.05, 0.1) is 0 Å². The standard InChI is InChI=1S/C10H19N/c1-8(2)7-10(9(3)4)11(5)6/h7,9H,1H2,2-6H3/b10-7-. The van der Waals surface area contributed by atoms with Gasteiger partial charge in [0.15, 0.2) is 0 Å². The Morgan fingerprint density at radius 3 is 1.91 bits per heavy atom. The summed E-state index contributed by atoms with van der Waals surface area (Å²) in [7, 11) is 4.13. The molecule has 0 spiro atoms. The summed E-state index contributed by atoms with van der Waals surface area (Å²) in [6.07, 6.45) is 2.13. The van der Waals surface area contributed by atoms with Crippen LogP contribution in [-0.4, -0.2) is 19.0 Å². The molecule has 0 saturated heterocycles. The first kappa shape index (κ1) is 10.3. The molecule has 0 rings (SSSR count). The number of nitrogens with zero attached hydrogens (tertiary/aromatic N) is 1. The highest BCUT2D eigenvalue weighted by atomic mass is 15.1. The molecule has 0 heterocycles. The van der Waals surface area contributed by atoms with E-state index in [1.807, 2.05) is 6.92 Å². The third-order valence-corrected chi connectivity index (χ3v) is 1.50. The Bertz CT molecular complexity index is 154. The lowest BCUT2D eigenvalue weighted by Crippen LogP contribution is -2.15. The molecule has 0 saturated carbocycles. The molecule has 0 aliphatic rings. The number of hydrogen-bond acceptors (Lipinski definition) is 1. The fraction of sp³-hybridized carbons (Fsp3) is 0.600. The van der Waals surface area contributed by atoms with E-state index in [4.69, 9.17) is 0 Å². The molecule has 0 bridgehead atoms. The largest absolute Gasteiger partial charge is 0.381 e. The minimum absolute atomic E-state index is 0.571. The first-order valence-electron chi connectivity index (χ1n) is 3.99. The van der Waals surface area contributed by atoms with Gasteiger partial charge >= 0.3 is 0 Å². The van der Waals surface area contributed by atoms with Crippen molar-refractivity contribution in [1.29, 1.82) is 0 Å². The van der Waals surface area contributed by atoms with E-state index >= 15 is 0 Å². The van der Waals surface area contributed by atoms with E-state index in [-0.39, 0.29) is 0 Å². The average Bonchev–Trinajstić information content (AvgIpc) is 1.81. The van der Waals surface area contributed by atoms with Gasteiger partial charge in [-0.3, -0.25) is 0 Å². The predicted octanol–water partition coefficient (Wildman–Crippen LogP) is 2.66. The highest BCUT2D eigenvalue weighted by Crippen LogP contribution is 2.13. The maximum atomic E-state index is 3.86. The van der Waals surface area contributed by atoms with Crippen LogP contribution in [0.25, 0.3) is 0 Å². The number of allylic oxidation sites excluding steroid dienone is 3. The van der Waals surface area contributed by atoms with Crippen molar-refractivity contribution in [1.82, 2.24) is 4.90 Å². The molecule has 1 nitrogen and oxygen atoms in total. The van der Waals surface area contributed by atoms with Crippen molar-refractivity contribution >= 4 is 0 Å². The van der Waals surface area contributed by atoms with Crippen LogP contribution in [-0.2, 0) is 0 Å². The van der Waals surface area contributed by atoms with Gasteiger partial charge in [0, 0.05) is 19.8 Å². The maximum Gasteiger partial charge on any atom is 0.0156 e. The topological polar surface area (TPSA) is 3.24 Å². The Balaban J connectivity index is 4.46. The molecule has 64 valence electrons. The molecule has 0 amide bonds. The molecule has 0 radical (unpaired) electrons. The van der Waals surface area contributed by atoms with E-state index in [1.54, 1.807) is 0 Å². The van der Waals surface area contributed by atoms with Gasteiger partial charge in [-0.25, -0.2) is 0 Å². The van der Waals surface area contributed by atoms with E-state index < -0.39 is 0 Å². The van der Waals surface area contributed by atoms with Crippen LogP contribution in [0.2, 0.25) is 0 Å². The van der Waals surface area contributed by atoms with Crippen LogP contribution in [0.1, 0.15) is 20.8 Å². The van der Waals surface area contributed by atoms with Gasteiger partial charge in [-0.05, 0) is 18.9 Å². The van der Waals surface area contributed by atoms with Crippen molar-refractivity contribution < 1.29 is 0 Å². The fourth-order valence-corrected chi connectivity index (χ4v) is 1.06. The first-order chi connectivity index (χ1) is 4.95. The van der Waals surface area contributed by atoms with E-state index in [0.29, 0.717) is 5.92 Å². The smallest absolute Gasteiger partial charge is 0.0156 e. The third-order valence-electron chi connectivity index (χ3n) is 1.50. The molecule has 0 atom stereocenters. The molecule has 0 aliphatic heterocycles. The minimum Gasteiger partial charge on any atom is -0.381 e. The summed E-state index contributed by atoms with van der Waals surface area (Å²) in [5.41, 5.74) is 2.44. The van der Waals surface area contributed by atoms with Gasteiger partial charge in [0.1, 0.15) is 0 Å². The third kappa shape index (κ3) is 3.87. The molecule has 11 heavy (non-hydrogen) atoms. The average molecular weight is 153 g/mol. The second kappa shape index (κ2) is 4.22. The SMILES string of the molecule is C=C(C)/C=C(/C(C)C)N(C)C. The highest BCUT2D eigenvalue weighted by molar-refractivity contribution is 5.18. The van der Waals surface area contributed by atoms with Crippen molar-refractivity contribution in [2.75, 3.05) is 14.1 Å². The fourth-order valence-electron chi connectivity index (χ4n) is 1.06. The Morgan fingerprint density at radius 2 is 1.82 bits per heavy atom. The maximum absolute atomic E-state index is 3.86. The molecule has 0 aromatic carbocycles. The van der Waals surface area contributed by atoms with E-state index in [0.717, 1.165) is 5.57 Å². The monoisotopic (exact) mass is 153 g/mol. The zero-order valence-electron chi connectivity index (χ0n) is 8.31. The number of hydrogen-bond donors (Lipinski definition) is 0. The zero-order chi connectivity index (χ0) is 9.02. The Labute approximate surface area is 70.4 Å². The summed E-state index contributed by atoms with van der Waals surface area (Å²) < 4.78 is 0. The highest BCUT2D eigenvalue weighted by Gasteiger charge is 2.03. The molecule has 0 fully saturated rings. The van der Waals surface area contributed by atoms with Gasteiger partial charge < -0.3 is 4.90 Å². The molecule has 0 aliphatic carbocycles. The Kier molecular flexibility index (Phi) is 3.94. The van der Waals surface area contributed by atoms with Crippen LogP contribution in [0.4, 0.5) is 0 Å². The first-order valence-corrected chi connectivity index (χ1v) is 3.99. The van der Waals surface area contributed by atoms with Gasteiger partial charge in [0.25, 0.3) is 0 Å². The van der Waals surface area contributed by atoms with Crippen molar-refractivity contribution in [2.45, 2.75) is 20.8 Å². The normalized spacial score (nSPS) is 12.0. The summed E-state index contributed by atoms with van der Waals surface area (Å²) in [5, 5.41) is 0. The Hall–Kier alpha value is -0.720. The van der Waals surface area contributed by atoms with Crippen LogP contribution in [0, 0.1) is 5.92 Å². The molecule has 0 N–H and O–H groups in total. The molecule has 0 aromatic heterocycles. The summed E-state index contributed by atoms with van der Waals surface area (Å²) in [6, 6.07) is 0. The molecular formula is C10H19N.